The van der Waals surface area contributed by atoms with Gasteiger partial charge in [-0.15, -0.1) is 5.10 Å². The van der Waals surface area contributed by atoms with Crippen molar-refractivity contribution in [1.29, 1.82) is 0 Å². The predicted octanol–water partition coefficient (Wildman–Crippen LogP) is 7.05. The average Bonchev–Trinajstić information content (AvgIpc) is 3.51. The van der Waals surface area contributed by atoms with E-state index >= 15 is 0 Å². The molecule has 0 aliphatic carbocycles. The number of Topliss-reactive ketones (excluding diaryl/α,β-unsaturated/α-hetero) is 1. The Morgan fingerprint density at radius 1 is 1.00 bits per heavy atom. The number of nitrogens with one attached hydrogen (secondary N) is 1. The summed E-state index contributed by atoms with van der Waals surface area (Å²) in [6.45, 7) is 0. The van der Waals surface area contributed by atoms with Gasteiger partial charge in [-0.3, -0.25) is 4.79 Å². The van der Waals surface area contributed by atoms with Crippen LogP contribution in [0.25, 0.3) is 28.6 Å². The zero-order valence-electron chi connectivity index (χ0n) is 18.4. The Labute approximate surface area is 211 Å². The van der Waals surface area contributed by atoms with E-state index in [0.717, 1.165) is 22.5 Å². The Balaban J connectivity index is 1.62. The lowest BCUT2D eigenvalue weighted by molar-refractivity contribution is 0.0998. The van der Waals surface area contributed by atoms with Gasteiger partial charge in [0.15, 0.2) is 5.78 Å². The fourth-order valence-electron chi connectivity index (χ4n) is 3.68. The van der Waals surface area contributed by atoms with Gasteiger partial charge in [0.1, 0.15) is 0 Å². The summed E-state index contributed by atoms with van der Waals surface area (Å²) in [6.07, 6.45) is 3.85. The molecule has 5 aromatic rings. The molecule has 0 atom stereocenters. The van der Waals surface area contributed by atoms with Crippen LogP contribution in [0.2, 0.25) is 5.02 Å². The van der Waals surface area contributed by atoms with Gasteiger partial charge >= 0.3 is 0 Å². The van der Waals surface area contributed by atoms with E-state index in [1.54, 1.807) is 24.3 Å². The first-order valence-electron chi connectivity index (χ1n) is 10.8. The average molecular weight is 499 g/mol. The molecule has 2 heterocycles. The molecule has 0 saturated carbocycles. The van der Waals surface area contributed by atoms with Crippen molar-refractivity contribution in [3.05, 3.63) is 118 Å². The third-order valence-corrected chi connectivity index (χ3v) is 5.80. The minimum Gasteiger partial charge on any atom is -0.410 e. The number of para-hydroxylation sites is 1. The topological polar surface area (TPSA) is 76.7 Å². The summed E-state index contributed by atoms with van der Waals surface area (Å²) in [5.74, 6) is 0.150. The Bertz CT molecular complexity index is 1550. The molecule has 0 aliphatic heterocycles. The van der Waals surface area contributed by atoms with E-state index in [0.29, 0.717) is 16.2 Å². The highest BCUT2D eigenvalue weighted by molar-refractivity contribution is 7.71. The van der Waals surface area contributed by atoms with E-state index in [9.17, 15) is 4.79 Å². The Hall–Kier alpha value is -4.07. The number of nitrogens with zero attached hydrogens (tertiary/aromatic N) is 3. The number of rotatable bonds is 7. The van der Waals surface area contributed by atoms with E-state index in [1.165, 1.54) is 0 Å². The van der Waals surface area contributed by atoms with Crippen molar-refractivity contribution in [3.63, 3.8) is 0 Å². The molecule has 1 N–H and O–H groups in total. The predicted molar refractivity (Wildman–Crippen MR) is 139 cm³/mol. The standard InChI is InChI=1S/C27H19ClN4O2S/c28-22-13-11-18(12-14-22)24(33)16-20(26-29-30-27(35)34-26)15-21-17-32(23-9-5-2-6-10-23)31-25(21)19-7-3-1-4-8-19/h1-15,17H,16H2,(H,30,35)/b20-15+. The molecule has 172 valence electrons. The highest BCUT2D eigenvalue weighted by Crippen LogP contribution is 2.29. The van der Waals surface area contributed by atoms with Gasteiger partial charge in [0.05, 0.1) is 11.4 Å². The Kier molecular flexibility index (Phi) is 6.52. The molecule has 0 radical (unpaired) electrons. The molecule has 0 amide bonds. The van der Waals surface area contributed by atoms with Crippen molar-refractivity contribution >= 4 is 41.3 Å². The number of H-pyrrole nitrogens is 1. The summed E-state index contributed by atoms with van der Waals surface area (Å²) >= 11 is 11.1. The highest BCUT2D eigenvalue weighted by Gasteiger charge is 2.18. The van der Waals surface area contributed by atoms with E-state index in [4.69, 9.17) is 33.3 Å². The number of benzene rings is 3. The molecule has 0 saturated heterocycles. The van der Waals surface area contributed by atoms with Crippen molar-refractivity contribution in [2.45, 2.75) is 6.42 Å². The number of ketones is 1. The van der Waals surface area contributed by atoms with Gasteiger partial charge < -0.3 is 4.42 Å². The molecule has 0 spiro atoms. The first-order valence-corrected chi connectivity index (χ1v) is 11.6. The van der Waals surface area contributed by atoms with Crippen molar-refractivity contribution in [3.8, 4) is 16.9 Å². The smallest absolute Gasteiger partial charge is 0.284 e. The molecule has 5 rings (SSSR count). The third kappa shape index (κ3) is 5.21. The summed E-state index contributed by atoms with van der Waals surface area (Å²) in [6, 6.07) is 26.5. The van der Waals surface area contributed by atoms with E-state index in [2.05, 4.69) is 10.2 Å². The molecule has 0 unspecified atom stereocenters. The van der Waals surface area contributed by atoms with Gasteiger partial charge in [-0.25, -0.2) is 9.78 Å². The van der Waals surface area contributed by atoms with E-state index in [-0.39, 0.29) is 22.9 Å². The van der Waals surface area contributed by atoms with Crippen molar-refractivity contribution in [2.75, 3.05) is 0 Å². The van der Waals surface area contributed by atoms with Crippen LogP contribution in [0.15, 0.2) is 95.5 Å². The maximum atomic E-state index is 13.1. The maximum Gasteiger partial charge on any atom is 0.284 e. The van der Waals surface area contributed by atoms with Gasteiger partial charge in [0.2, 0.25) is 5.89 Å². The first kappa shape index (κ1) is 22.7. The third-order valence-electron chi connectivity index (χ3n) is 5.37. The number of allylic oxidation sites excluding steroid dienone is 1. The molecule has 0 bridgehead atoms. The molecule has 3 aromatic carbocycles. The molecule has 0 aliphatic rings. The van der Waals surface area contributed by atoms with Gasteiger partial charge in [-0.1, -0.05) is 60.1 Å². The van der Waals surface area contributed by atoms with Crippen LogP contribution in [0.1, 0.15) is 28.2 Å². The van der Waals surface area contributed by atoms with Crippen LogP contribution in [0, 0.1) is 4.84 Å². The van der Waals surface area contributed by atoms with Crippen molar-refractivity contribution < 1.29 is 9.21 Å². The summed E-state index contributed by atoms with van der Waals surface area (Å²) in [7, 11) is 0. The second-order valence-corrected chi connectivity index (χ2v) is 8.58. The molecule has 2 aromatic heterocycles. The minimum atomic E-state index is -0.103. The van der Waals surface area contributed by atoms with Crippen LogP contribution in [0.5, 0.6) is 0 Å². The summed E-state index contributed by atoms with van der Waals surface area (Å²) < 4.78 is 7.40. The lowest BCUT2D eigenvalue weighted by Gasteiger charge is -2.05. The van der Waals surface area contributed by atoms with Gasteiger partial charge in [-0.2, -0.15) is 5.10 Å². The van der Waals surface area contributed by atoms with Crippen LogP contribution >= 0.6 is 23.8 Å². The quantitative estimate of drug-likeness (QED) is 0.192. The van der Waals surface area contributed by atoms with Crippen LogP contribution in [-0.2, 0) is 0 Å². The van der Waals surface area contributed by atoms with Crippen molar-refractivity contribution in [2.24, 2.45) is 0 Å². The fraction of sp³-hybridized carbons (Fsp3) is 0.0370. The van der Waals surface area contributed by atoms with Crippen LogP contribution < -0.4 is 0 Å². The lowest BCUT2D eigenvalue weighted by Crippen LogP contribution is -2.01. The van der Waals surface area contributed by atoms with Gasteiger partial charge in [-0.05, 0) is 54.7 Å². The minimum absolute atomic E-state index is 0.0511. The number of aromatic nitrogens is 4. The number of hydrogen-bond donors (Lipinski definition) is 1. The summed E-state index contributed by atoms with van der Waals surface area (Å²) in [5, 5.41) is 12.2. The molecule has 8 heteroatoms. The van der Waals surface area contributed by atoms with Crippen molar-refractivity contribution in [1.82, 2.24) is 20.0 Å². The second-order valence-electron chi connectivity index (χ2n) is 7.77. The number of halogens is 1. The zero-order valence-corrected chi connectivity index (χ0v) is 20.0. The first-order chi connectivity index (χ1) is 17.1. The van der Waals surface area contributed by atoms with Gasteiger partial charge in [0.25, 0.3) is 4.84 Å². The Morgan fingerprint density at radius 3 is 2.34 bits per heavy atom. The zero-order chi connectivity index (χ0) is 24.2. The molecule has 0 fully saturated rings. The van der Waals surface area contributed by atoms with E-state index in [1.807, 2.05) is 77.6 Å². The fourth-order valence-corrected chi connectivity index (χ4v) is 3.93. The van der Waals surface area contributed by atoms with E-state index < -0.39 is 0 Å². The normalized spacial score (nSPS) is 11.5. The summed E-state index contributed by atoms with van der Waals surface area (Å²) in [4.78, 5) is 13.2. The SMILES string of the molecule is O=C(C/C(=C\c1cn(-c2ccccc2)nc1-c1ccccc1)c1n[nH]c(=S)o1)c1ccc(Cl)cc1. The number of aromatic amines is 1. The maximum absolute atomic E-state index is 13.1. The number of hydrogen-bond acceptors (Lipinski definition) is 5. The number of carbonyl (C=O) groups excluding carboxylic acids is 1. The van der Waals surface area contributed by atoms with Crippen LogP contribution in [-0.4, -0.2) is 25.8 Å². The van der Waals surface area contributed by atoms with Crippen LogP contribution in [0.3, 0.4) is 0 Å². The summed E-state index contributed by atoms with van der Waals surface area (Å²) in [5.41, 5.74) is 4.54. The monoisotopic (exact) mass is 498 g/mol. The lowest BCUT2D eigenvalue weighted by atomic mass is 10.00. The molecule has 35 heavy (non-hydrogen) atoms. The number of carbonyl (C=O) groups is 1. The second kappa shape index (κ2) is 10.0. The molecule has 6 nitrogen and oxygen atoms in total. The molecular weight excluding hydrogens is 480 g/mol. The van der Waals surface area contributed by atoms with Gasteiger partial charge in [0, 0.05) is 39.9 Å². The highest BCUT2D eigenvalue weighted by atomic mass is 35.5. The Morgan fingerprint density at radius 2 is 1.69 bits per heavy atom. The van der Waals surface area contributed by atoms with Crippen LogP contribution in [0.4, 0.5) is 0 Å². The largest absolute Gasteiger partial charge is 0.410 e. The molecular formula is C27H19ClN4O2S.